The van der Waals surface area contributed by atoms with Crippen molar-refractivity contribution in [2.45, 2.75) is 36.6 Å². The fourth-order valence-corrected chi connectivity index (χ4v) is 6.73. The van der Waals surface area contributed by atoms with E-state index in [1.54, 1.807) is 26.4 Å². The smallest absolute Gasteiger partial charge is 0.240 e. The highest BCUT2D eigenvalue weighted by atomic mass is 32.2. The summed E-state index contributed by atoms with van der Waals surface area (Å²) in [4.78, 5) is 2.75. The van der Waals surface area contributed by atoms with Crippen LogP contribution < -0.4 is 14.2 Å². The van der Waals surface area contributed by atoms with Crippen LogP contribution in [0.2, 0.25) is 0 Å². The van der Waals surface area contributed by atoms with Gasteiger partial charge in [-0.15, -0.1) is 0 Å². The number of sulfonamides is 1. The maximum absolute atomic E-state index is 12.8. The van der Waals surface area contributed by atoms with Crippen molar-refractivity contribution in [3.63, 3.8) is 0 Å². The van der Waals surface area contributed by atoms with Crippen molar-refractivity contribution in [3.8, 4) is 22.8 Å². The number of aromatic nitrogens is 2. The molecule has 1 N–H and O–H groups in total. The number of methoxy groups -OCH3 is 2. The summed E-state index contributed by atoms with van der Waals surface area (Å²) < 4.78 is 41.3. The second-order valence-electron chi connectivity index (χ2n) is 9.85. The van der Waals surface area contributed by atoms with E-state index in [-0.39, 0.29) is 6.04 Å². The lowest BCUT2D eigenvalue weighted by Crippen LogP contribution is -2.56. The third-order valence-electron chi connectivity index (χ3n) is 7.69. The summed E-state index contributed by atoms with van der Waals surface area (Å²) in [7, 11) is 1.76. The predicted octanol–water partition coefficient (Wildman–Crippen LogP) is 3.57. The molecule has 3 aliphatic heterocycles. The zero-order valence-electron chi connectivity index (χ0n) is 21.3. The van der Waals surface area contributed by atoms with E-state index >= 15 is 0 Å². The molecule has 1 aromatic heterocycles. The van der Waals surface area contributed by atoms with Gasteiger partial charge in [0, 0.05) is 43.4 Å². The molecule has 36 heavy (non-hydrogen) atoms. The highest BCUT2D eigenvalue weighted by Gasteiger charge is 2.42. The Morgan fingerprint density at radius 2 is 1.81 bits per heavy atom. The Morgan fingerprint density at radius 1 is 1.06 bits per heavy atom. The third-order valence-corrected chi connectivity index (χ3v) is 9.13. The van der Waals surface area contributed by atoms with E-state index in [9.17, 15) is 8.42 Å². The van der Waals surface area contributed by atoms with Gasteiger partial charge in [-0.05, 0) is 68.6 Å². The van der Waals surface area contributed by atoms with Crippen LogP contribution in [0.1, 0.15) is 30.0 Å². The second kappa shape index (κ2) is 9.88. The minimum atomic E-state index is -3.51. The van der Waals surface area contributed by atoms with Crippen LogP contribution in [0.25, 0.3) is 11.3 Å². The molecule has 3 aromatic rings. The summed E-state index contributed by atoms with van der Waals surface area (Å²) in [6.45, 7) is 4.29. The zero-order valence-corrected chi connectivity index (χ0v) is 22.1. The number of nitrogens with one attached hydrogen (secondary N) is 1. The van der Waals surface area contributed by atoms with Crippen LogP contribution in [0.3, 0.4) is 0 Å². The van der Waals surface area contributed by atoms with Gasteiger partial charge in [-0.1, -0.05) is 17.7 Å². The molecule has 0 radical (unpaired) electrons. The summed E-state index contributed by atoms with van der Waals surface area (Å²) in [5.74, 6) is 2.24. The van der Waals surface area contributed by atoms with E-state index in [0.717, 1.165) is 42.8 Å². The Labute approximate surface area is 213 Å². The molecule has 0 aliphatic carbocycles. The number of rotatable bonds is 8. The van der Waals surface area contributed by atoms with Crippen molar-refractivity contribution in [2.75, 3.05) is 33.9 Å². The van der Waals surface area contributed by atoms with E-state index in [4.69, 9.17) is 14.6 Å². The van der Waals surface area contributed by atoms with Crippen molar-refractivity contribution < 1.29 is 17.9 Å². The molecule has 2 aromatic carbocycles. The molecular formula is C27H34N4O4S. The highest BCUT2D eigenvalue weighted by molar-refractivity contribution is 7.89. The van der Waals surface area contributed by atoms with E-state index < -0.39 is 10.0 Å². The number of aryl methyl sites for hydroxylation is 2. The normalized spacial score (nSPS) is 23.6. The maximum atomic E-state index is 12.8. The Balaban J connectivity index is 1.28. The fourth-order valence-electron chi connectivity index (χ4n) is 5.66. The number of piperidine rings is 3. The predicted molar refractivity (Wildman–Crippen MR) is 139 cm³/mol. The van der Waals surface area contributed by atoms with E-state index in [0.29, 0.717) is 34.8 Å². The molecule has 0 saturated carbocycles. The van der Waals surface area contributed by atoms with Gasteiger partial charge < -0.3 is 9.47 Å². The first-order chi connectivity index (χ1) is 17.3. The van der Waals surface area contributed by atoms with Crippen LogP contribution in [-0.2, 0) is 17.1 Å². The summed E-state index contributed by atoms with van der Waals surface area (Å²) in [6.07, 6.45) is 2.08. The van der Waals surface area contributed by atoms with Crippen molar-refractivity contribution in [2.24, 2.45) is 13.0 Å². The van der Waals surface area contributed by atoms with Crippen molar-refractivity contribution in [1.29, 1.82) is 0 Å². The van der Waals surface area contributed by atoms with Gasteiger partial charge in [-0.2, -0.15) is 5.10 Å². The van der Waals surface area contributed by atoms with Crippen LogP contribution in [0.5, 0.6) is 11.5 Å². The van der Waals surface area contributed by atoms with Crippen molar-refractivity contribution >= 4 is 10.0 Å². The lowest BCUT2D eigenvalue weighted by atomic mass is 9.74. The maximum Gasteiger partial charge on any atom is 0.240 e. The van der Waals surface area contributed by atoms with Gasteiger partial charge in [0.15, 0.2) is 11.5 Å². The minimum absolute atomic E-state index is 0.207. The van der Waals surface area contributed by atoms with Gasteiger partial charge in [0.2, 0.25) is 10.0 Å². The van der Waals surface area contributed by atoms with Gasteiger partial charge >= 0.3 is 0 Å². The summed E-state index contributed by atoms with van der Waals surface area (Å²) in [5.41, 5.74) is 4.15. The molecule has 0 spiro atoms. The van der Waals surface area contributed by atoms with Gasteiger partial charge in [0.25, 0.3) is 0 Å². The van der Waals surface area contributed by atoms with E-state index in [2.05, 4.69) is 15.7 Å². The lowest BCUT2D eigenvalue weighted by molar-refractivity contribution is 0.0306. The largest absolute Gasteiger partial charge is 0.493 e. The molecule has 3 fully saturated rings. The Hall–Kier alpha value is -2.88. The number of fused-ring (bicyclic) bond motifs is 3. The quantitative estimate of drug-likeness (QED) is 0.499. The standard InChI is InChI=1S/C27H34N4O4S/c1-18-5-8-22(9-6-18)36(32,33)28-16-21-13-19-11-12-31(21)17-23(19)25-15-24(29-30(25)2)20-7-10-26(34-3)27(14-20)35-4/h5-10,14-15,19,21,23,28H,11-13,16-17H2,1-4H3/t19-,21+,23-/m0/s1. The van der Waals surface area contributed by atoms with E-state index in [1.807, 2.05) is 49.0 Å². The summed E-state index contributed by atoms with van der Waals surface area (Å²) in [5, 5.41) is 4.81. The molecule has 1 unspecified atom stereocenters. The number of hydrogen-bond donors (Lipinski definition) is 1. The first-order valence-corrected chi connectivity index (χ1v) is 13.8. The molecule has 4 heterocycles. The first kappa shape index (κ1) is 24.8. The fraction of sp³-hybridized carbons (Fsp3) is 0.444. The lowest BCUT2D eigenvalue weighted by Gasteiger charge is -2.49. The van der Waals surface area contributed by atoms with Crippen LogP contribution >= 0.6 is 0 Å². The molecule has 4 atom stereocenters. The van der Waals surface area contributed by atoms with Crippen LogP contribution in [0.4, 0.5) is 0 Å². The minimum Gasteiger partial charge on any atom is -0.493 e. The SMILES string of the molecule is COc1ccc(-c2cc([C@H]3CN4CC[C@H]3C[C@@H]4CNS(=O)(=O)c3ccc(C)cc3)n(C)n2)cc1OC. The van der Waals surface area contributed by atoms with Crippen LogP contribution in [-0.4, -0.2) is 63.0 Å². The molecule has 192 valence electrons. The number of hydrogen-bond acceptors (Lipinski definition) is 6. The molecule has 6 rings (SSSR count). The Kier molecular flexibility index (Phi) is 6.80. The van der Waals surface area contributed by atoms with Gasteiger partial charge in [0.1, 0.15) is 0 Å². The average Bonchev–Trinajstić information content (AvgIpc) is 3.29. The van der Waals surface area contributed by atoms with Gasteiger partial charge in [-0.3, -0.25) is 9.58 Å². The van der Waals surface area contributed by atoms with Crippen molar-refractivity contribution in [3.05, 3.63) is 59.8 Å². The molecule has 2 bridgehead atoms. The van der Waals surface area contributed by atoms with Crippen LogP contribution in [0, 0.1) is 12.8 Å². The first-order valence-electron chi connectivity index (χ1n) is 12.4. The second-order valence-corrected chi connectivity index (χ2v) is 11.6. The number of ether oxygens (including phenoxy) is 2. The van der Waals surface area contributed by atoms with Crippen LogP contribution in [0.15, 0.2) is 53.4 Å². The number of nitrogens with zero attached hydrogens (tertiary/aromatic N) is 3. The average molecular weight is 511 g/mol. The Bertz CT molecular complexity index is 1340. The highest BCUT2D eigenvalue weighted by Crippen LogP contribution is 2.42. The summed E-state index contributed by atoms with van der Waals surface area (Å²) in [6, 6.07) is 15.2. The zero-order chi connectivity index (χ0) is 25.4. The topological polar surface area (TPSA) is 85.7 Å². The van der Waals surface area contributed by atoms with Gasteiger partial charge in [0.05, 0.1) is 24.8 Å². The molecule has 9 heteroatoms. The van der Waals surface area contributed by atoms with E-state index in [1.165, 1.54) is 5.69 Å². The molecule has 0 amide bonds. The molecule has 3 aliphatic rings. The van der Waals surface area contributed by atoms with Crippen molar-refractivity contribution in [1.82, 2.24) is 19.4 Å². The van der Waals surface area contributed by atoms with Gasteiger partial charge in [-0.25, -0.2) is 13.1 Å². The summed E-state index contributed by atoms with van der Waals surface area (Å²) >= 11 is 0. The third kappa shape index (κ3) is 4.75. The Morgan fingerprint density at radius 3 is 2.47 bits per heavy atom. The number of benzene rings is 2. The molecule has 8 nitrogen and oxygen atoms in total. The molecular weight excluding hydrogens is 476 g/mol. The molecule has 3 saturated heterocycles. The monoisotopic (exact) mass is 510 g/mol.